The Morgan fingerprint density at radius 1 is 1.25 bits per heavy atom. The highest BCUT2D eigenvalue weighted by atomic mass is 35.5. The maximum absolute atomic E-state index is 13.5. The average molecular weight is 396 g/mol. The van der Waals surface area contributed by atoms with E-state index in [9.17, 15) is 4.79 Å². The van der Waals surface area contributed by atoms with E-state index in [1.54, 1.807) is 19.4 Å². The van der Waals surface area contributed by atoms with Gasteiger partial charge in [0.05, 0.1) is 35.1 Å². The number of methoxy groups -OCH3 is 1. The number of rotatable bonds is 6. The highest BCUT2D eigenvalue weighted by Gasteiger charge is 2.38. The summed E-state index contributed by atoms with van der Waals surface area (Å²) in [7, 11) is 1.57. The minimum atomic E-state index is -0.131. The smallest absolute Gasteiger partial charge is 0.258 e. The number of carbonyl (C=O) groups excluding carboxylic acids is 1. The van der Waals surface area contributed by atoms with Crippen LogP contribution in [0.25, 0.3) is 5.69 Å². The normalized spacial score (nSPS) is 14.5. The molecule has 1 atom stereocenters. The van der Waals surface area contributed by atoms with Gasteiger partial charge in [0.25, 0.3) is 5.91 Å². The van der Waals surface area contributed by atoms with E-state index in [4.69, 9.17) is 16.3 Å². The van der Waals surface area contributed by atoms with Gasteiger partial charge in [-0.25, -0.2) is 0 Å². The van der Waals surface area contributed by atoms with Crippen LogP contribution in [0.3, 0.4) is 0 Å². The van der Waals surface area contributed by atoms with Crippen molar-refractivity contribution in [3.05, 3.63) is 77.3 Å². The Balaban J connectivity index is 1.72. The second kappa shape index (κ2) is 7.68. The molecule has 4 rings (SSSR count). The maximum atomic E-state index is 13.5. The Kier molecular flexibility index (Phi) is 5.09. The number of pyridine rings is 1. The minimum absolute atomic E-state index is 0.0848. The Morgan fingerprint density at radius 3 is 2.61 bits per heavy atom. The van der Waals surface area contributed by atoms with Crippen LogP contribution in [-0.4, -0.2) is 33.5 Å². The van der Waals surface area contributed by atoms with E-state index in [-0.39, 0.29) is 18.0 Å². The van der Waals surface area contributed by atoms with Crippen LogP contribution < -0.4 is 4.74 Å². The van der Waals surface area contributed by atoms with Crippen LogP contribution in [0, 0.1) is 0 Å². The molecule has 1 fully saturated rings. The molecule has 0 spiro atoms. The number of amides is 1. The molecule has 2 heterocycles. The molecule has 5 nitrogen and oxygen atoms in total. The van der Waals surface area contributed by atoms with Crippen LogP contribution in [0.4, 0.5) is 0 Å². The van der Waals surface area contributed by atoms with Crippen molar-refractivity contribution in [1.82, 2.24) is 14.5 Å². The molecule has 0 radical (unpaired) electrons. The largest absolute Gasteiger partial charge is 0.496 e. The number of hydrogen-bond acceptors (Lipinski definition) is 3. The van der Waals surface area contributed by atoms with E-state index >= 15 is 0 Å². The SMILES string of the molecule is COc1cc(-n2cccc2)c(Cl)cc1C(=O)N(C1CC1)C(C)c1ccccn1. The molecule has 6 heteroatoms. The topological polar surface area (TPSA) is 47.4 Å². The fourth-order valence-corrected chi connectivity index (χ4v) is 3.75. The maximum Gasteiger partial charge on any atom is 0.258 e. The molecular formula is C22H22ClN3O2. The summed E-state index contributed by atoms with van der Waals surface area (Å²) < 4.78 is 7.46. The van der Waals surface area contributed by atoms with E-state index in [0.717, 1.165) is 24.2 Å². The molecule has 0 saturated heterocycles. The molecule has 0 N–H and O–H groups in total. The van der Waals surface area contributed by atoms with Crippen molar-refractivity contribution in [3.63, 3.8) is 0 Å². The van der Waals surface area contributed by atoms with Gasteiger partial charge in [-0.15, -0.1) is 0 Å². The van der Waals surface area contributed by atoms with Gasteiger partial charge in [-0.05, 0) is 50.1 Å². The van der Waals surface area contributed by atoms with E-state index in [0.29, 0.717) is 16.3 Å². The van der Waals surface area contributed by atoms with Crippen molar-refractivity contribution >= 4 is 17.5 Å². The number of aromatic nitrogens is 2. The summed E-state index contributed by atoms with van der Waals surface area (Å²) in [5, 5.41) is 0.501. The third-order valence-corrected chi connectivity index (χ3v) is 5.39. The summed E-state index contributed by atoms with van der Waals surface area (Å²) in [4.78, 5) is 19.9. The first-order valence-corrected chi connectivity index (χ1v) is 9.72. The monoisotopic (exact) mass is 395 g/mol. The molecule has 1 aromatic carbocycles. The summed E-state index contributed by atoms with van der Waals surface area (Å²) in [6.45, 7) is 2.01. The zero-order valence-electron chi connectivity index (χ0n) is 15.9. The molecule has 1 aliphatic rings. The number of halogens is 1. The number of ether oxygens (including phenoxy) is 1. The molecule has 1 amide bonds. The van der Waals surface area contributed by atoms with Gasteiger partial charge in [-0.3, -0.25) is 9.78 Å². The lowest BCUT2D eigenvalue weighted by Crippen LogP contribution is -2.36. The zero-order valence-corrected chi connectivity index (χ0v) is 16.6. The summed E-state index contributed by atoms with van der Waals surface area (Å²) >= 11 is 6.53. The average Bonchev–Trinajstić information content (AvgIpc) is 3.40. The zero-order chi connectivity index (χ0) is 19.7. The fraction of sp³-hybridized carbons (Fsp3) is 0.273. The lowest BCUT2D eigenvalue weighted by atomic mass is 10.1. The van der Waals surface area contributed by atoms with Gasteiger partial charge in [0, 0.05) is 30.7 Å². The summed E-state index contributed by atoms with van der Waals surface area (Å²) in [5.74, 6) is 0.426. The molecule has 2 aromatic heterocycles. The Bertz CT molecular complexity index is 969. The second-order valence-corrected chi connectivity index (χ2v) is 7.38. The molecule has 3 aromatic rings. The first kappa shape index (κ1) is 18.6. The first-order chi connectivity index (χ1) is 13.6. The van der Waals surface area contributed by atoms with Crippen LogP contribution in [0.2, 0.25) is 5.02 Å². The van der Waals surface area contributed by atoms with E-state index < -0.39 is 0 Å². The standard InChI is InChI=1S/C22H22ClN3O2/c1-15(19-7-3-4-10-24-19)26(16-8-9-16)22(27)17-13-18(23)20(14-21(17)28-2)25-11-5-6-12-25/h3-7,10-16H,8-9H2,1-2H3. The molecule has 28 heavy (non-hydrogen) atoms. The van der Waals surface area contributed by atoms with Crippen LogP contribution in [0.5, 0.6) is 5.75 Å². The van der Waals surface area contributed by atoms with E-state index in [1.807, 2.05) is 65.2 Å². The van der Waals surface area contributed by atoms with Crippen molar-refractivity contribution in [2.24, 2.45) is 0 Å². The molecule has 1 aliphatic carbocycles. The Labute approximate surface area is 169 Å². The Hall–Kier alpha value is -2.79. The summed E-state index contributed by atoms with van der Waals surface area (Å²) in [6, 6.07) is 13.2. The summed E-state index contributed by atoms with van der Waals surface area (Å²) in [6.07, 6.45) is 7.56. The molecular weight excluding hydrogens is 374 g/mol. The van der Waals surface area contributed by atoms with Gasteiger partial charge < -0.3 is 14.2 Å². The lowest BCUT2D eigenvalue weighted by Gasteiger charge is -2.30. The Morgan fingerprint density at radius 2 is 2.00 bits per heavy atom. The first-order valence-electron chi connectivity index (χ1n) is 9.34. The molecule has 1 unspecified atom stereocenters. The van der Waals surface area contributed by atoms with Gasteiger partial charge >= 0.3 is 0 Å². The number of carbonyl (C=O) groups is 1. The van der Waals surface area contributed by atoms with Crippen molar-refractivity contribution in [3.8, 4) is 11.4 Å². The summed E-state index contributed by atoms with van der Waals surface area (Å²) in [5.41, 5.74) is 2.12. The quantitative estimate of drug-likeness (QED) is 0.596. The molecule has 144 valence electrons. The van der Waals surface area contributed by atoms with Crippen LogP contribution in [0.1, 0.15) is 41.9 Å². The van der Waals surface area contributed by atoms with Crippen molar-refractivity contribution < 1.29 is 9.53 Å². The third-order valence-electron chi connectivity index (χ3n) is 5.09. The lowest BCUT2D eigenvalue weighted by molar-refractivity contribution is 0.0667. The number of hydrogen-bond donors (Lipinski definition) is 0. The van der Waals surface area contributed by atoms with Gasteiger partial charge in [0.15, 0.2) is 0 Å². The predicted molar refractivity (Wildman–Crippen MR) is 109 cm³/mol. The third kappa shape index (κ3) is 3.50. The molecule has 0 bridgehead atoms. The van der Waals surface area contributed by atoms with Crippen LogP contribution in [-0.2, 0) is 0 Å². The molecule has 1 saturated carbocycles. The van der Waals surface area contributed by atoms with Crippen molar-refractivity contribution in [2.75, 3.05) is 7.11 Å². The number of benzene rings is 1. The van der Waals surface area contributed by atoms with Crippen molar-refractivity contribution in [2.45, 2.75) is 31.8 Å². The highest BCUT2D eigenvalue weighted by Crippen LogP contribution is 2.38. The van der Waals surface area contributed by atoms with Crippen LogP contribution in [0.15, 0.2) is 61.1 Å². The fourth-order valence-electron chi connectivity index (χ4n) is 3.49. The number of nitrogens with zero attached hydrogens (tertiary/aromatic N) is 3. The van der Waals surface area contributed by atoms with Gasteiger partial charge in [-0.2, -0.15) is 0 Å². The van der Waals surface area contributed by atoms with Crippen LogP contribution >= 0.6 is 11.6 Å². The predicted octanol–water partition coefficient (Wildman–Crippen LogP) is 4.90. The highest BCUT2D eigenvalue weighted by molar-refractivity contribution is 6.33. The van der Waals surface area contributed by atoms with E-state index in [1.165, 1.54) is 0 Å². The van der Waals surface area contributed by atoms with E-state index in [2.05, 4.69) is 4.98 Å². The minimum Gasteiger partial charge on any atom is -0.496 e. The second-order valence-electron chi connectivity index (χ2n) is 6.97. The van der Waals surface area contributed by atoms with Gasteiger partial charge in [0.1, 0.15) is 5.75 Å². The van der Waals surface area contributed by atoms with Crippen molar-refractivity contribution in [1.29, 1.82) is 0 Å². The van der Waals surface area contributed by atoms with Gasteiger partial charge in [-0.1, -0.05) is 17.7 Å². The van der Waals surface area contributed by atoms with Gasteiger partial charge in [0.2, 0.25) is 0 Å². The molecule has 0 aliphatic heterocycles.